The Hall–Kier alpha value is -6.05. The van der Waals surface area contributed by atoms with E-state index in [1.807, 2.05) is 97.1 Å². The summed E-state index contributed by atoms with van der Waals surface area (Å²) in [6, 6.07) is 36.0. The molecule has 2 N–H and O–H groups in total. The van der Waals surface area contributed by atoms with Crippen molar-refractivity contribution >= 4 is 17.9 Å². The molecule has 2 saturated heterocycles. The van der Waals surface area contributed by atoms with E-state index in [0.717, 1.165) is 70.0 Å². The van der Waals surface area contributed by atoms with E-state index < -0.39 is 24.3 Å². The van der Waals surface area contributed by atoms with Crippen molar-refractivity contribution in [3.8, 4) is 22.6 Å². The molecule has 4 atom stereocenters. The first-order chi connectivity index (χ1) is 29.3. The third kappa shape index (κ3) is 9.37. The molecule has 0 radical (unpaired) electrons. The molecule has 0 aromatic heterocycles. The third-order valence-electron chi connectivity index (χ3n) is 11.4. The molecule has 3 aliphatic heterocycles. The number of likely N-dealkylation sites (tertiary alicyclic amines) is 1. The molecule has 2 fully saturated rings. The zero-order valence-electron chi connectivity index (χ0n) is 33.8. The highest BCUT2D eigenvalue weighted by Gasteiger charge is 2.40. The van der Waals surface area contributed by atoms with Crippen molar-refractivity contribution in [2.75, 3.05) is 27.3 Å². The lowest BCUT2D eigenvalue weighted by molar-refractivity contribution is -0.253. The predicted molar refractivity (Wildman–Crippen MR) is 223 cm³/mol. The zero-order chi connectivity index (χ0) is 41.6. The van der Waals surface area contributed by atoms with Crippen LogP contribution in [0.4, 0.5) is 4.79 Å². The number of amides is 3. The molecule has 3 heterocycles. The van der Waals surface area contributed by atoms with Gasteiger partial charge in [-0.3, -0.25) is 19.4 Å². The summed E-state index contributed by atoms with van der Waals surface area (Å²) >= 11 is 0. The largest absolute Gasteiger partial charge is 0.493 e. The number of fused-ring (bicyclic) bond motifs is 1. The molecule has 3 aliphatic rings. The quantitative estimate of drug-likeness (QED) is 0.120. The van der Waals surface area contributed by atoms with Crippen molar-refractivity contribution in [2.24, 2.45) is 0 Å². The average Bonchev–Trinajstić information content (AvgIpc) is 3.55. The van der Waals surface area contributed by atoms with E-state index in [1.54, 1.807) is 14.2 Å². The molecule has 0 bridgehead atoms. The fourth-order valence-corrected chi connectivity index (χ4v) is 8.18. The Bertz CT molecular complexity index is 2320. The van der Waals surface area contributed by atoms with E-state index in [0.29, 0.717) is 13.0 Å². The molecule has 5 aromatic carbocycles. The number of carbonyl (C=O) groups is 3. The van der Waals surface area contributed by atoms with Crippen molar-refractivity contribution in [1.29, 1.82) is 0 Å². The molecule has 60 heavy (non-hydrogen) atoms. The van der Waals surface area contributed by atoms with Gasteiger partial charge in [-0.15, -0.1) is 0 Å². The van der Waals surface area contributed by atoms with Crippen LogP contribution in [0.2, 0.25) is 0 Å². The summed E-state index contributed by atoms with van der Waals surface area (Å²) in [4.78, 5) is 42.4. The molecule has 12 nitrogen and oxygen atoms in total. The van der Waals surface area contributed by atoms with E-state index in [4.69, 9.17) is 23.7 Å². The van der Waals surface area contributed by atoms with Gasteiger partial charge in [0.25, 0.3) is 5.91 Å². The predicted octanol–water partition coefficient (Wildman–Crippen LogP) is 7.02. The van der Waals surface area contributed by atoms with Crippen LogP contribution in [0.1, 0.15) is 64.2 Å². The van der Waals surface area contributed by atoms with Crippen molar-refractivity contribution in [2.45, 2.75) is 70.1 Å². The number of aliphatic hydroxyl groups is 1. The molecule has 0 aliphatic carbocycles. The topological polar surface area (TPSA) is 136 Å². The Balaban J connectivity index is 0.960. The zero-order valence-corrected chi connectivity index (χ0v) is 33.8. The minimum absolute atomic E-state index is 0.0321. The summed E-state index contributed by atoms with van der Waals surface area (Å²) < 4.78 is 29.9. The number of nitrogens with zero attached hydrogens (tertiary/aromatic N) is 2. The second-order valence-corrected chi connectivity index (χ2v) is 15.4. The van der Waals surface area contributed by atoms with Gasteiger partial charge in [0.05, 0.1) is 46.0 Å². The van der Waals surface area contributed by atoms with Gasteiger partial charge in [-0.2, -0.15) is 0 Å². The fraction of sp³-hybridized carbons (Fsp3) is 0.312. The van der Waals surface area contributed by atoms with Crippen LogP contribution in [0.5, 0.6) is 11.5 Å². The third-order valence-corrected chi connectivity index (χ3v) is 11.4. The van der Waals surface area contributed by atoms with Crippen LogP contribution in [0.25, 0.3) is 11.1 Å². The molecule has 5 aromatic rings. The summed E-state index contributed by atoms with van der Waals surface area (Å²) in [6.07, 6.45) is -0.377. The van der Waals surface area contributed by atoms with E-state index in [9.17, 15) is 19.5 Å². The Labute approximate surface area is 349 Å². The molecule has 3 amide bonds. The molecule has 12 heteroatoms. The van der Waals surface area contributed by atoms with Crippen molar-refractivity contribution in [3.05, 3.63) is 154 Å². The number of aliphatic hydroxyl groups excluding tert-OH is 1. The van der Waals surface area contributed by atoms with Gasteiger partial charge in [-0.25, -0.2) is 4.79 Å². The number of alkyl carbamates (subject to hydrolysis) is 1. The number of hydrogen-bond acceptors (Lipinski definition) is 10. The van der Waals surface area contributed by atoms with Gasteiger partial charge in [-0.05, 0) is 75.2 Å². The smallest absolute Gasteiger partial charge is 0.408 e. The molecule has 310 valence electrons. The van der Waals surface area contributed by atoms with Gasteiger partial charge < -0.3 is 34.1 Å². The minimum atomic E-state index is -0.991. The summed E-state index contributed by atoms with van der Waals surface area (Å²) in [5, 5.41) is 12.2. The molecule has 8 rings (SSSR count). The maximum absolute atomic E-state index is 13.3. The number of nitrogens with one attached hydrogen (secondary N) is 1. The van der Waals surface area contributed by atoms with Crippen LogP contribution in [0.15, 0.2) is 115 Å². The number of methoxy groups -OCH3 is 2. The highest BCUT2D eigenvalue weighted by atomic mass is 16.7. The van der Waals surface area contributed by atoms with E-state index in [2.05, 4.69) is 28.4 Å². The Morgan fingerprint density at radius 1 is 0.783 bits per heavy atom. The summed E-state index contributed by atoms with van der Waals surface area (Å²) in [5.41, 5.74) is 8.58. The Kier molecular flexibility index (Phi) is 12.5. The van der Waals surface area contributed by atoms with Crippen molar-refractivity contribution in [1.82, 2.24) is 15.1 Å². The summed E-state index contributed by atoms with van der Waals surface area (Å²) in [7, 11) is 3.31. The first-order valence-electron chi connectivity index (χ1n) is 20.2. The normalized spacial score (nSPS) is 20.4. The van der Waals surface area contributed by atoms with Gasteiger partial charge >= 0.3 is 6.09 Å². The fourth-order valence-electron chi connectivity index (χ4n) is 8.18. The lowest BCUT2D eigenvalue weighted by atomic mass is 9.96. The lowest BCUT2D eigenvalue weighted by Crippen LogP contribution is -2.41. The van der Waals surface area contributed by atoms with Crippen LogP contribution in [-0.4, -0.2) is 72.3 Å². The van der Waals surface area contributed by atoms with Crippen LogP contribution in [0, 0.1) is 0 Å². The van der Waals surface area contributed by atoms with Gasteiger partial charge in [0, 0.05) is 31.6 Å². The van der Waals surface area contributed by atoms with E-state index in [-0.39, 0.29) is 44.3 Å². The molecular weight excluding hydrogens is 763 g/mol. The highest BCUT2D eigenvalue weighted by Crippen LogP contribution is 2.40. The number of carbonyl (C=O) groups excluding carboxylic acids is 3. The maximum Gasteiger partial charge on any atom is 0.408 e. The molecular formula is C48H49N3O9. The van der Waals surface area contributed by atoms with Gasteiger partial charge in [0.1, 0.15) is 12.6 Å². The van der Waals surface area contributed by atoms with Crippen LogP contribution >= 0.6 is 0 Å². The van der Waals surface area contributed by atoms with E-state index >= 15 is 0 Å². The first-order valence-corrected chi connectivity index (χ1v) is 20.2. The number of hydrogen-bond donors (Lipinski definition) is 2. The van der Waals surface area contributed by atoms with Crippen LogP contribution < -0.4 is 14.8 Å². The summed E-state index contributed by atoms with van der Waals surface area (Å²) in [6.45, 7) is 2.44. The molecule has 0 saturated carbocycles. The van der Waals surface area contributed by atoms with Crippen molar-refractivity contribution in [3.63, 3.8) is 0 Å². The van der Waals surface area contributed by atoms with E-state index in [1.165, 1.54) is 16.0 Å². The highest BCUT2D eigenvalue weighted by molar-refractivity contribution is 6.06. The Morgan fingerprint density at radius 2 is 1.50 bits per heavy atom. The van der Waals surface area contributed by atoms with Crippen molar-refractivity contribution < 1.29 is 43.2 Å². The van der Waals surface area contributed by atoms with Crippen LogP contribution in [0.3, 0.4) is 0 Å². The second kappa shape index (κ2) is 18.5. The minimum Gasteiger partial charge on any atom is -0.493 e. The molecule has 1 unspecified atom stereocenters. The standard InChI is InChI=1S/C48H49N3O9/c1-56-43-22-37-18-19-50(27-39(37)23-44(43)57-2)28-40-24-42(34-16-14-31(29-52)15-17-34)60-47(59-40)38-13-7-12-36(21-38)35-11-6-10-33(20-35)26-51-45(53)25-41(46(51)54)49-48(55)58-30-32-8-4-3-5-9-32/h3-17,20-23,40-42,47,52H,18-19,24-30H2,1-2H3,(H,49,55)/t40-,41?,42+,47+/m1/s1. The van der Waals surface area contributed by atoms with Crippen LogP contribution in [-0.2, 0) is 56.5 Å². The average molecular weight is 812 g/mol. The monoisotopic (exact) mass is 811 g/mol. The van der Waals surface area contributed by atoms with Gasteiger partial charge in [0.2, 0.25) is 5.91 Å². The number of ether oxygens (including phenoxy) is 5. The number of benzene rings is 5. The Morgan fingerprint density at radius 3 is 2.25 bits per heavy atom. The lowest BCUT2D eigenvalue weighted by Gasteiger charge is -2.39. The maximum atomic E-state index is 13.3. The molecule has 0 spiro atoms. The second-order valence-electron chi connectivity index (χ2n) is 15.4. The number of rotatable bonds is 13. The first kappa shape index (κ1) is 40.7. The SMILES string of the molecule is COc1cc2c(cc1OC)CN(C[C@H]1C[C@@H](c3ccc(CO)cc3)O[C@@H](c3cccc(-c4cccc(CN5C(=O)CC(NC(=O)OCc6ccccc6)C5=O)c4)c3)O1)CC2. The van der Waals surface area contributed by atoms with Gasteiger partial charge in [-0.1, -0.05) is 91.0 Å². The van der Waals surface area contributed by atoms with Gasteiger partial charge in [0.15, 0.2) is 17.8 Å². The number of imide groups is 1. The summed E-state index contributed by atoms with van der Waals surface area (Å²) in [5.74, 6) is 0.619.